The molecule has 64 heavy (non-hydrogen) atoms. The van der Waals surface area contributed by atoms with Gasteiger partial charge in [0.05, 0.1) is 0 Å². The molecule has 4 heteroatoms. The molecule has 0 spiro atoms. The Balaban J connectivity index is 1.26. The molecule has 0 atom stereocenters. The van der Waals surface area contributed by atoms with E-state index in [-0.39, 0.29) is 14.5 Å². The molecule has 0 unspecified atom stereocenters. The van der Waals surface area contributed by atoms with E-state index in [1.54, 1.807) is 0 Å². The van der Waals surface area contributed by atoms with E-state index < -0.39 is 0 Å². The first-order valence-electron chi connectivity index (χ1n) is 21.9. The van der Waals surface area contributed by atoms with E-state index in [0.717, 1.165) is 51.2 Å². The predicted octanol–water partition coefficient (Wildman–Crippen LogP) is 15.1. The van der Waals surface area contributed by atoms with Gasteiger partial charge < -0.3 is 0 Å². The van der Waals surface area contributed by atoms with Crippen LogP contribution in [-0.2, 0) is 6.42 Å². The first kappa shape index (κ1) is 38.2. The summed E-state index contributed by atoms with van der Waals surface area (Å²) < 4.78 is 2.79. The Morgan fingerprint density at radius 1 is 0.391 bits per heavy atom. The summed E-state index contributed by atoms with van der Waals surface area (Å²) in [4.78, 5) is 0. The van der Waals surface area contributed by atoms with Gasteiger partial charge in [-0.15, -0.1) is 0 Å². The summed E-state index contributed by atoms with van der Waals surface area (Å²) in [6.07, 6.45) is 0.830. The zero-order valence-corrected chi connectivity index (χ0v) is 37.2. The molecule has 302 valence electrons. The molecule has 0 amide bonds. The van der Waals surface area contributed by atoms with E-state index in [0.29, 0.717) is 0 Å². The van der Waals surface area contributed by atoms with Crippen molar-refractivity contribution in [3.63, 3.8) is 0 Å². The van der Waals surface area contributed by atoms with Crippen molar-refractivity contribution in [3.05, 3.63) is 222 Å². The Labute approximate surface area is 379 Å². The number of aromatic nitrogens is 3. The molecule has 3 nitrogen and oxygen atoms in total. The summed E-state index contributed by atoms with van der Waals surface area (Å²) in [5, 5.41) is 17.6. The summed E-state index contributed by atoms with van der Waals surface area (Å²) in [5.41, 5.74) is 22.9. The van der Waals surface area contributed by atoms with Crippen LogP contribution in [0.15, 0.2) is 200 Å². The van der Waals surface area contributed by atoms with Gasteiger partial charge in [0, 0.05) is 0 Å². The molecule has 11 aromatic rings. The van der Waals surface area contributed by atoms with Crippen LogP contribution in [-0.4, -0.2) is 29.9 Å². The van der Waals surface area contributed by atoms with Crippen LogP contribution in [0.3, 0.4) is 0 Å². The summed E-state index contributed by atoms with van der Waals surface area (Å²) >= 11 is 0.145. The first-order valence-corrected chi connectivity index (χ1v) is 23.6. The van der Waals surface area contributed by atoms with Crippen molar-refractivity contribution in [3.8, 4) is 89.3 Å². The molecule has 2 aromatic heterocycles. The molecule has 0 saturated carbocycles. The average Bonchev–Trinajstić information content (AvgIpc) is 3.93. The predicted molar refractivity (Wildman–Crippen MR) is 268 cm³/mol. The van der Waals surface area contributed by atoms with Crippen molar-refractivity contribution in [2.75, 3.05) is 0 Å². The fraction of sp³-hybridized carbons (Fsp3) is 0.0500. The molecule has 0 fully saturated rings. The second-order valence-electron chi connectivity index (χ2n) is 16.7. The molecule has 1 aliphatic rings. The van der Waals surface area contributed by atoms with Crippen molar-refractivity contribution in [2.24, 2.45) is 0 Å². The Morgan fingerprint density at radius 3 is 1.75 bits per heavy atom. The monoisotopic (exact) mass is 883 g/mol. The molecule has 0 bridgehead atoms. The molecule has 12 rings (SSSR count). The SMILES string of the molecule is Cc1cc2c(c(-c3c(-c4ccccc4)nnnc3-c3c(-c4ccccc4)cccc3-c3c(-c4ccccc4-c4ccccc4)ccc4[se]c5ccccc5c34)c1C)Cc1ccccc1-2. The fourth-order valence-corrected chi connectivity index (χ4v) is 12.5. The number of aryl methyl sites for hydroxylation is 1. The van der Waals surface area contributed by atoms with Crippen LogP contribution in [0.25, 0.3) is 109 Å². The summed E-state index contributed by atoms with van der Waals surface area (Å²) in [7, 11) is 0. The summed E-state index contributed by atoms with van der Waals surface area (Å²) in [6.45, 7) is 4.52. The summed E-state index contributed by atoms with van der Waals surface area (Å²) in [6, 6.07) is 72.9. The van der Waals surface area contributed by atoms with Crippen LogP contribution in [0.2, 0.25) is 0 Å². The number of hydrogen-bond acceptors (Lipinski definition) is 3. The van der Waals surface area contributed by atoms with Crippen LogP contribution < -0.4 is 0 Å². The van der Waals surface area contributed by atoms with Gasteiger partial charge in [-0.25, -0.2) is 0 Å². The van der Waals surface area contributed by atoms with Gasteiger partial charge >= 0.3 is 369 Å². The molecule has 0 aliphatic heterocycles. The van der Waals surface area contributed by atoms with E-state index in [1.165, 1.54) is 86.1 Å². The van der Waals surface area contributed by atoms with Gasteiger partial charge in [0.15, 0.2) is 0 Å². The average molecular weight is 883 g/mol. The Morgan fingerprint density at radius 2 is 0.984 bits per heavy atom. The topological polar surface area (TPSA) is 38.7 Å². The maximum atomic E-state index is 5.28. The third-order valence-electron chi connectivity index (χ3n) is 13.2. The second-order valence-corrected chi connectivity index (χ2v) is 19.0. The normalized spacial score (nSPS) is 11.8. The van der Waals surface area contributed by atoms with Crippen molar-refractivity contribution in [1.29, 1.82) is 0 Å². The quantitative estimate of drug-likeness (QED) is 0.150. The Kier molecular flexibility index (Phi) is 9.37. The van der Waals surface area contributed by atoms with Crippen LogP contribution in [0, 0.1) is 13.8 Å². The molecule has 1 aliphatic carbocycles. The van der Waals surface area contributed by atoms with Crippen LogP contribution in [0.1, 0.15) is 22.3 Å². The van der Waals surface area contributed by atoms with Gasteiger partial charge in [-0.3, -0.25) is 0 Å². The number of fused-ring (bicyclic) bond motifs is 6. The second kappa shape index (κ2) is 15.7. The van der Waals surface area contributed by atoms with Gasteiger partial charge in [-0.2, -0.15) is 0 Å². The Hall–Kier alpha value is -7.49. The van der Waals surface area contributed by atoms with Gasteiger partial charge in [0.1, 0.15) is 0 Å². The number of nitrogens with zero attached hydrogens (tertiary/aromatic N) is 3. The van der Waals surface area contributed by atoms with E-state index in [2.05, 4.69) is 214 Å². The van der Waals surface area contributed by atoms with Crippen molar-refractivity contribution < 1.29 is 0 Å². The third kappa shape index (κ3) is 6.21. The van der Waals surface area contributed by atoms with Gasteiger partial charge in [-0.05, 0) is 0 Å². The van der Waals surface area contributed by atoms with Crippen molar-refractivity contribution in [2.45, 2.75) is 20.3 Å². The standard InChI is InChI=1S/C60H41N3Se/c1-37-35-50-44-27-13-12-25-42(44)36-51(50)54(38(37)2)58-59(41-23-10-5-11-24-41)61-63-62-60(58)56-45(40-21-8-4-9-22-40)30-18-31-49(56)55-47(33-34-53-57(55)48-29-16-17-32-52(48)64-53)46-28-15-14-26-43(46)39-19-6-3-7-20-39/h3-35H,36H2,1-2H3. The van der Waals surface area contributed by atoms with Crippen LogP contribution in [0.4, 0.5) is 0 Å². The minimum atomic E-state index is 0.145. The van der Waals surface area contributed by atoms with Crippen molar-refractivity contribution >= 4 is 33.8 Å². The molecule has 0 saturated heterocycles. The van der Waals surface area contributed by atoms with E-state index in [4.69, 9.17) is 15.4 Å². The molecule has 9 aromatic carbocycles. The van der Waals surface area contributed by atoms with Crippen LogP contribution >= 0.6 is 0 Å². The Bertz CT molecular complexity index is 3590. The molecular formula is C60H41N3Se. The number of hydrogen-bond donors (Lipinski definition) is 0. The van der Waals surface area contributed by atoms with E-state index in [1.807, 2.05) is 0 Å². The molecule has 0 radical (unpaired) electrons. The summed E-state index contributed by atoms with van der Waals surface area (Å²) in [5.74, 6) is 0. The van der Waals surface area contributed by atoms with E-state index >= 15 is 0 Å². The first-order chi connectivity index (χ1) is 31.6. The third-order valence-corrected chi connectivity index (χ3v) is 15.6. The number of benzene rings is 9. The maximum absolute atomic E-state index is 5.28. The van der Waals surface area contributed by atoms with Gasteiger partial charge in [0.2, 0.25) is 0 Å². The minimum absolute atomic E-state index is 0.145. The molecule has 0 N–H and O–H groups in total. The zero-order valence-electron chi connectivity index (χ0n) is 35.5. The molecular weight excluding hydrogens is 842 g/mol. The number of rotatable bonds is 7. The van der Waals surface area contributed by atoms with E-state index in [9.17, 15) is 0 Å². The zero-order chi connectivity index (χ0) is 42.7. The van der Waals surface area contributed by atoms with Gasteiger partial charge in [-0.1, -0.05) is 12.1 Å². The van der Waals surface area contributed by atoms with Crippen molar-refractivity contribution in [1.82, 2.24) is 15.4 Å². The van der Waals surface area contributed by atoms with Crippen LogP contribution in [0.5, 0.6) is 0 Å². The van der Waals surface area contributed by atoms with Gasteiger partial charge in [0.25, 0.3) is 0 Å². The fourth-order valence-electron chi connectivity index (χ4n) is 10.2. The molecule has 2 heterocycles.